The molecule has 1 unspecified atom stereocenters. The zero-order chi connectivity index (χ0) is 36.4. The summed E-state index contributed by atoms with van der Waals surface area (Å²) < 4.78 is 0. The summed E-state index contributed by atoms with van der Waals surface area (Å²) in [6, 6.07) is 25.2. The number of benzene rings is 3. The van der Waals surface area contributed by atoms with Crippen molar-refractivity contribution in [3.8, 4) is 0 Å². The number of anilines is 1. The Kier molecular flexibility index (Phi) is 12.6. The summed E-state index contributed by atoms with van der Waals surface area (Å²) in [4.78, 5) is 69.0. The molecular weight excluding hydrogens is 644 g/mol. The molecule has 1 aliphatic carbocycles. The predicted molar refractivity (Wildman–Crippen MR) is 196 cm³/mol. The summed E-state index contributed by atoms with van der Waals surface area (Å²) in [6.07, 6.45) is 5.70. The summed E-state index contributed by atoms with van der Waals surface area (Å²) in [5.41, 5.74) is 2.71. The highest BCUT2D eigenvalue weighted by atomic mass is 16.4. The van der Waals surface area contributed by atoms with Crippen molar-refractivity contribution in [2.75, 3.05) is 11.4 Å². The SMILES string of the molecule is CCCC(=O)N1[C@H](Cc2ccccc2)C(=O)N(c2ccc(CC(NC(=O)C3(CCNC(C)=O)CCCC3)C(=O)O)cc2)[C@H]1CCc1ccccc1. The summed E-state index contributed by atoms with van der Waals surface area (Å²) in [7, 11) is 0. The van der Waals surface area contributed by atoms with Crippen LogP contribution in [0, 0.1) is 5.41 Å². The third-order valence-electron chi connectivity index (χ3n) is 10.3. The van der Waals surface area contributed by atoms with E-state index in [0.29, 0.717) is 69.2 Å². The van der Waals surface area contributed by atoms with E-state index in [0.717, 1.165) is 24.0 Å². The van der Waals surface area contributed by atoms with Crippen LogP contribution in [0.1, 0.15) is 81.9 Å². The number of nitrogens with one attached hydrogen (secondary N) is 2. The van der Waals surface area contributed by atoms with Crippen LogP contribution in [0.4, 0.5) is 5.69 Å². The lowest BCUT2D eigenvalue weighted by molar-refractivity contribution is -0.144. The molecular formula is C41H50N4O6. The van der Waals surface area contributed by atoms with E-state index in [-0.39, 0.29) is 30.0 Å². The Morgan fingerprint density at radius 3 is 2.10 bits per heavy atom. The number of aliphatic carboxylic acids is 1. The topological polar surface area (TPSA) is 136 Å². The van der Waals surface area contributed by atoms with Crippen molar-refractivity contribution < 1.29 is 29.1 Å². The van der Waals surface area contributed by atoms with Gasteiger partial charge in [0.15, 0.2) is 0 Å². The highest BCUT2D eigenvalue weighted by Crippen LogP contribution is 2.41. The third kappa shape index (κ3) is 9.22. The van der Waals surface area contributed by atoms with E-state index in [1.54, 1.807) is 21.9 Å². The summed E-state index contributed by atoms with van der Waals surface area (Å²) in [5.74, 6) is -1.79. The zero-order valence-corrected chi connectivity index (χ0v) is 29.7. The molecule has 2 aliphatic rings. The maximum atomic E-state index is 14.4. The number of hydrogen-bond donors (Lipinski definition) is 3. The summed E-state index contributed by atoms with van der Waals surface area (Å²) in [6.45, 7) is 3.75. The molecule has 1 aliphatic heterocycles. The van der Waals surface area contributed by atoms with Crippen LogP contribution >= 0.6 is 0 Å². The molecule has 0 radical (unpaired) electrons. The maximum absolute atomic E-state index is 14.4. The first kappa shape index (κ1) is 37.3. The second kappa shape index (κ2) is 17.3. The first-order valence-corrected chi connectivity index (χ1v) is 18.2. The molecule has 2 fully saturated rings. The highest BCUT2D eigenvalue weighted by molar-refractivity contribution is 6.03. The fraction of sp³-hybridized carbons (Fsp3) is 0.439. The van der Waals surface area contributed by atoms with Crippen LogP contribution in [0.15, 0.2) is 84.9 Å². The largest absolute Gasteiger partial charge is 0.480 e. The fourth-order valence-electron chi connectivity index (χ4n) is 7.63. The standard InChI is InChI=1S/C41H50N4O6/c1-3-12-37(47)45-35(28-31-15-8-5-9-16-31)38(48)44(36(45)22-19-30-13-6-4-7-14-30)33-20-17-32(18-21-33)27-34(39(49)50)43-40(51)41(23-10-11-24-41)25-26-42-29(2)46/h4-9,13-18,20-21,34-36H,3,10-12,19,22-28H2,1-2H3,(H,42,46)(H,43,51)(H,49,50)/t34?,35-,36-/m1/s1. The van der Waals surface area contributed by atoms with Crippen molar-refractivity contribution in [1.29, 1.82) is 0 Å². The van der Waals surface area contributed by atoms with Crippen LogP contribution in [0.5, 0.6) is 0 Å². The van der Waals surface area contributed by atoms with Crippen LogP contribution in [0.2, 0.25) is 0 Å². The lowest BCUT2D eigenvalue weighted by Crippen LogP contribution is -2.49. The van der Waals surface area contributed by atoms with E-state index in [2.05, 4.69) is 10.6 Å². The second-order valence-electron chi connectivity index (χ2n) is 13.9. The minimum Gasteiger partial charge on any atom is -0.480 e. The maximum Gasteiger partial charge on any atom is 0.326 e. The van der Waals surface area contributed by atoms with Crippen LogP contribution < -0.4 is 15.5 Å². The molecule has 1 saturated carbocycles. The van der Waals surface area contributed by atoms with Crippen molar-refractivity contribution in [3.63, 3.8) is 0 Å². The Balaban J connectivity index is 1.38. The lowest BCUT2D eigenvalue weighted by atomic mass is 9.81. The van der Waals surface area contributed by atoms with Crippen LogP contribution in [0.3, 0.4) is 0 Å². The minimum absolute atomic E-state index is 0.0545. The number of carbonyl (C=O) groups is 5. The van der Waals surface area contributed by atoms with Gasteiger partial charge in [0.2, 0.25) is 17.7 Å². The molecule has 0 bridgehead atoms. The number of carboxylic acid groups (broad SMARTS) is 1. The second-order valence-corrected chi connectivity index (χ2v) is 13.9. The van der Waals surface area contributed by atoms with E-state index in [1.807, 2.05) is 79.7 Å². The van der Waals surface area contributed by atoms with E-state index < -0.39 is 29.6 Å². The quantitative estimate of drug-likeness (QED) is 0.183. The molecule has 10 heteroatoms. The Hall–Kier alpha value is -4.99. The molecule has 0 spiro atoms. The van der Waals surface area contributed by atoms with Gasteiger partial charge in [-0.25, -0.2) is 4.79 Å². The van der Waals surface area contributed by atoms with E-state index >= 15 is 0 Å². The van der Waals surface area contributed by atoms with E-state index in [1.165, 1.54) is 6.92 Å². The smallest absolute Gasteiger partial charge is 0.326 e. The molecule has 1 saturated heterocycles. The summed E-state index contributed by atoms with van der Waals surface area (Å²) >= 11 is 0. The van der Waals surface area contributed by atoms with E-state index in [4.69, 9.17) is 0 Å². The molecule has 5 rings (SSSR count). The van der Waals surface area contributed by atoms with Gasteiger partial charge in [0.25, 0.3) is 5.91 Å². The average Bonchev–Trinajstić information content (AvgIpc) is 3.71. The molecule has 4 amide bonds. The van der Waals surface area contributed by atoms with Gasteiger partial charge in [-0.05, 0) is 67.3 Å². The average molecular weight is 695 g/mol. The zero-order valence-electron chi connectivity index (χ0n) is 29.7. The van der Waals surface area contributed by atoms with Crippen molar-refractivity contribution in [2.45, 2.75) is 103 Å². The van der Waals surface area contributed by atoms with Gasteiger partial charge >= 0.3 is 5.97 Å². The molecule has 3 atom stereocenters. The van der Waals surface area contributed by atoms with Gasteiger partial charge in [-0.3, -0.25) is 24.1 Å². The molecule has 270 valence electrons. The molecule has 3 aromatic carbocycles. The lowest BCUT2D eigenvalue weighted by Gasteiger charge is -2.32. The fourth-order valence-corrected chi connectivity index (χ4v) is 7.63. The van der Waals surface area contributed by atoms with Gasteiger partial charge < -0.3 is 20.6 Å². The number of carboxylic acids is 1. The van der Waals surface area contributed by atoms with Gasteiger partial charge in [-0.2, -0.15) is 0 Å². The highest BCUT2D eigenvalue weighted by Gasteiger charge is 2.48. The Labute approximate surface area is 300 Å². The number of amides is 4. The number of hydrogen-bond acceptors (Lipinski definition) is 5. The predicted octanol–water partition coefficient (Wildman–Crippen LogP) is 5.43. The van der Waals surface area contributed by atoms with E-state index in [9.17, 15) is 29.1 Å². The van der Waals surface area contributed by atoms with Crippen molar-refractivity contribution in [2.24, 2.45) is 5.41 Å². The first-order valence-electron chi connectivity index (χ1n) is 18.2. The molecule has 1 heterocycles. The Bertz CT molecular complexity index is 1660. The number of aryl methyl sites for hydroxylation is 1. The van der Waals surface area contributed by atoms with Gasteiger partial charge in [0, 0.05) is 38.4 Å². The Morgan fingerprint density at radius 1 is 0.882 bits per heavy atom. The molecule has 51 heavy (non-hydrogen) atoms. The van der Waals surface area contributed by atoms with Crippen LogP contribution in [0.25, 0.3) is 0 Å². The summed E-state index contributed by atoms with van der Waals surface area (Å²) in [5, 5.41) is 15.7. The van der Waals surface area contributed by atoms with Gasteiger partial charge in [-0.15, -0.1) is 0 Å². The van der Waals surface area contributed by atoms with Crippen LogP contribution in [-0.4, -0.2) is 64.4 Å². The number of rotatable bonds is 16. The van der Waals surface area contributed by atoms with Gasteiger partial charge in [-0.1, -0.05) is 92.6 Å². The first-order chi connectivity index (χ1) is 24.6. The van der Waals surface area contributed by atoms with Crippen molar-refractivity contribution in [3.05, 3.63) is 102 Å². The molecule has 3 N–H and O–H groups in total. The third-order valence-corrected chi connectivity index (χ3v) is 10.3. The molecule has 3 aromatic rings. The van der Waals surface area contributed by atoms with Crippen molar-refractivity contribution >= 4 is 35.3 Å². The van der Waals surface area contributed by atoms with Crippen LogP contribution in [-0.2, 0) is 43.2 Å². The van der Waals surface area contributed by atoms with Crippen molar-refractivity contribution in [1.82, 2.24) is 15.5 Å². The van der Waals surface area contributed by atoms with Gasteiger partial charge in [0.1, 0.15) is 18.2 Å². The number of nitrogens with zero attached hydrogens (tertiary/aromatic N) is 2. The monoisotopic (exact) mass is 694 g/mol. The minimum atomic E-state index is -1.15. The molecule has 0 aromatic heterocycles. The normalized spacial score (nSPS) is 18.7. The Morgan fingerprint density at radius 2 is 1.51 bits per heavy atom. The molecule has 10 nitrogen and oxygen atoms in total. The van der Waals surface area contributed by atoms with Gasteiger partial charge in [0.05, 0.1) is 5.41 Å². The number of carbonyl (C=O) groups excluding carboxylic acids is 4.